The summed E-state index contributed by atoms with van der Waals surface area (Å²) in [6, 6.07) is 6.99. The van der Waals surface area contributed by atoms with E-state index in [-0.39, 0.29) is 10.6 Å². The van der Waals surface area contributed by atoms with Gasteiger partial charge in [-0.05, 0) is 42.0 Å². The average Bonchev–Trinajstić information content (AvgIpc) is 2.71. The molecule has 0 aromatic heterocycles. The maximum atomic E-state index is 13.4. The zero-order valence-corrected chi connectivity index (χ0v) is 16.7. The van der Waals surface area contributed by atoms with Crippen LogP contribution in [-0.2, 0) is 10.0 Å². The molecule has 0 radical (unpaired) electrons. The lowest BCUT2D eigenvalue weighted by Gasteiger charge is -2.33. The minimum atomic E-state index is -3.90. The first-order valence-corrected chi connectivity index (χ1v) is 9.86. The van der Waals surface area contributed by atoms with Crippen LogP contribution >= 0.6 is 0 Å². The second-order valence-electron chi connectivity index (χ2n) is 6.16. The highest BCUT2D eigenvalue weighted by Crippen LogP contribution is 2.48. The summed E-state index contributed by atoms with van der Waals surface area (Å²) < 4.78 is 49.4. The Morgan fingerprint density at radius 2 is 1.50 bits per heavy atom. The Balaban J connectivity index is 2.01. The molecule has 2 heterocycles. The maximum Gasteiger partial charge on any atom is 0.272 e. The van der Waals surface area contributed by atoms with Gasteiger partial charge in [0.05, 0.1) is 34.1 Å². The standard InChI is InChI=1S/C20H19NO6S/c1-24-16-6-5-13-9-15-14-11-18(26-3)17(25-2)10-12(14)7-8-21(15)28(22,23)20(13)19(16)27-4/h5-11H,1-4H3. The molecule has 0 aliphatic carbocycles. The van der Waals surface area contributed by atoms with Gasteiger partial charge in [0.15, 0.2) is 23.0 Å². The van der Waals surface area contributed by atoms with Crippen LogP contribution in [0.3, 0.4) is 0 Å². The van der Waals surface area contributed by atoms with Crippen molar-refractivity contribution in [2.24, 2.45) is 0 Å². The predicted octanol–water partition coefficient (Wildman–Crippen LogP) is 3.21. The Labute approximate surface area is 163 Å². The van der Waals surface area contributed by atoms with Gasteiger partial charge in [-0.1, -0.05) is 0 Å². The summed E-state index contributed by atoms with van der Waals surface area (Å²) in [5.41, 5.74) is 2.61. The highest BCUT2D eigenvalue weighted by atomic mass is 32.2. The molecule has 0 fully saturated rings. The first kappa shape index (κ1) is 18.2. The van der Waals surface area contributed by atoms with Crippen LogP contribution in [0.4, 0.5) is 0 Å². The first-order chi connectivity index (χ1) is 13.5. The Morgan fingerprint density at radius 1 is 0.821 bits per heavy atom. The number of nitrogens with zero attached hydrogens (tertiary/aromatic N) is 1. The zero-order chi connectivity index (χ0) is 20.1. The predicted molar refractivity (Wildman–Crippen MR) is 105 cm³/mol. The summed E-state index contributed by atoms with van der Waals surface area (Å²) in [5.74, 6) is 1.63. The molecule has 2 aromatic rings. The number of methoxy groups -OCH3 is 4. The van der Waals surface area contributed by atoms with Gasteiger partial charge in [0, 0.05) is 17.3 Å². The van der Waals surface area contributed by atoms with Crippen LogP contribution in [0, 0.1) is 0 Å². The molecule has 4 rings (SSSR count). The van der Waals surface area contributed by atoms with Crippen molar-refractivity contribution in [3.05, 3.63) is 47.2 Å². The molecule has 0 saturated carbocycles. The van der Waals surface area contributed by atoms with Crippen LogP contribution < -0.4 is 18.9 Å². The fourth-order valence-corrected chi connectivity index (χ4v) is 5.16. The normalized spacial score (nSPS) is 15.7. The lowest BCUT2D eigenvalue weighted by Crippen LogP contribution is -2.30. The van der Waals surface area contributed by atoms with E-state index in [9.17, 15) is 8.42 Å². The van der Waals surface area contributed by atoms with Crippen molar-refractivity contribution < 1.29 is 27.4 Å². The highest BCUT2D eigenvalue weighted by molar-refractivity contribution is 7.89. The van der Waals surface area contributed by atoms with Gasteiger partial charge in [0.25, 0.3) is 10.0 Å². The fraction of sp³-hybridized carbons (Fsp3) is 0.200. The molecule has 0 spiro atoms. The van der Waals surface area contributed by atoms with Crippen LogP contribution in [0.25, 0.3) is 17.8 Å². The van der Waals surface area contributed by atoms with E-state index < -0.39 is 10.0 Å². The second kappa shape index (κ2) is 6.49. The molecule has 28 heavy (non-hydrogen) atoms. The molecule has 0 bridgehead atoms. The Morgan fingerprint density at radius 3 is 2.14 bits per heavy atom. The van der Waals surface area contributed by atoms with E-state index in [4.69, 9.17) is 18.9 Å². The Hall–Kier alpha value is -3.13. The third kappa shape index (κ3) is 2.45. The number of sulfonamides is 1. The maximum absolute atomic E-state index is 13.4. The molecule has 146 valence electrons. The number of rotatable bonds is 4. The molecule has 7 nitrogen and oxygen atoms in total. The van der Waals surface area contributed by atoms with Gasteiger partial charge >= 0.3 is 0 Å². The van der Waals surface area contributed by atoms with Gasteiger partial charge in [0.2, 0.25) is 0 Å². The lowest BCUT2D eigenvalue weighted by atomic mass is 9.98. The molecular formula is C20H19NO6S. The van der Waals surface area contributed by atoms with Crippen molar-refractivity contribution in [3.63, 3.8) is 0 Å². The van der Waals surface area contributed by atoms with E-state index in [1.807, 2.05) is 12.1 Å². The van der Waals surface area contributed by atoms with Crippen LogP contribution in [0.15, 0.2) is 35.4 Å². The van der Waals surface area contributed by atoms with E-state index in [2.05, 4.69) is 0 Å². The van der Waals surface area contributed by atoms with Crippen LogP contribution in [0.1, 0.15) is 16.7 Å². The molecule has 8 heteroatoms. The minimum Gasteiger partial charge on any atom is -0.493 e. The van der Waals surface area contributed by atoms with Crippen LogP contribution in [0.2, 0.25) is 0 Å². The van der Waals surface area contributed by atoms with Gasteiger partial charge < -0.3 is 18.9 Å². The van der Waals surface area contributed by atoms with E-state index >= 15 is 0 Å². The number of hydrogen-bond donors (Lipinski definition) is 0. The third-order valence-electron chi connectivity index (χ3n) is 4.80. The zero-order valence-electron chi connectivity index (χ0n) is 15.8. The SMILES string of the molecule is COc1cc2c(cc1OC)C1=Cc3ccc(OC)c(OC)c3S(=O)(=O)N1C=C2. The third-order valence-corrected chi connectivity index (χ3v) is 6.57. The summed E-state index contributed by atoms with van der Waals surface area (Å²) in [5, 5.41) is 0. The summed E-state index contributed by atoms with van der Waals surface area (Å²) in [6.45, 7) is 0. The molecule has 0 unspecified atom stereocenters. The average molecular weight is 401 g/mol. The van der Waals surface area contributed by atoms with Gasteiger partial charge in [-0.3, -0.25) is 0 Å². The lowest BCUT2D eigenvalue weighted by molar-refractivity contribution is 0.346. The van der Waals surface area contributed by atoms with Crippen molar-refractivity contribution in [2.75, 3.05) is 28.4 Å². The largest absolute Gasteiger partial charge is 0.493 e. The quantitative estimate of drug-likeness (QED) is 0.783. The van der Waals surface area contributed by atoms with Crippen LogP contribution in [-0.4, -0.2) is 41.2 Å². The highest BCUT2D eigenvalue weighted by Gasteiger charge is 2.38. The van der Waals surface area contributed by atoms with Gasteiger partial charge in [-0.2, -0.15) is 0 Å². The molecule has 2 aromatic carbocycles. The number of ether oxygens (including phenoxy) is 4. The summed E-state index contributed by atoms with van der Waals surface area (Å²) in [7, 11) is 2.10. The fourth-order valence-electron chi connectivity index (χ4n) is 3.49. The van der Waals surface area contributed by atoms with Crippen molar-refractivity contribution >= 4 is 27.9 Å². The smallest absolute Gasteiger partial charge is 0.272 e. The van der Waals surface area contributed by atoms with Crippen molar-refractivity contribution in [1.29, 1.82) is 0 Å². The molecule has 0 saturated heterocycles. The molecular weight excluding hydrogens is 382 g/mol. The van der Waals surface area contributed by atoms with Gasteiger partial charge in [0.1, 0.15) is 4.90 Å². The second-order valence-corrected chi connectivity index (χ2v) is 7.91. The minimum absolute atomic E-state index is 0.0756. The van der Waals surface area contributed by atoms with Crippen molar-refractivity contribution in [1.82, 2.24) is 4.31 Å². The summed E-state index contributed by atoms with van der Waals surface area (Å²) in [4.78, 5) is 0.0756. The summed E-state index contributed by atoms with van der Waals surface area (Å²) in [6.07, 6.45) is 5.06. The molecule has 0 N–H and O–H groups in total. The van der Waals surface area contributed by atoms with E-state index in [1.54, 1.807) is 38.5 Å². The topological polar surface area (TPSA) is 74.3 Å². The molecule has 0 amide bonds. The van der Waals surface area contributed by atoms with Crippen molar-refractivity contribution in [3.8, 4) is 23.0 Å². The van der Waals surface area contributed by atoms with E-state index in [1.165, 1.54) is 24.7 Å². The van der Waals surface area contributed by atoms with E-state index in [0.29, 0.717) is 28.5 Å². The Kier molecular flexibility index (Phi) is 4.23. The Bertz CT molecular complexity index is 1130. The van der Waals surface area contributed by atoms with Crippen molar-refractivity contribution in [2.45, 2.75) is 4.90 Å². The monoisotopic (exact) mass is 401 g/mol. The molecule has 0 atom stereocenters. The van der Waals surface area contributed by atoms with Gasteiger partial charge in [-0.15, -0.1) is 0 Å². The molecule has 2 aliphatic rings. The van der Waals surface area contributed by atoms with Crippen LogP contribution in [0.5, 0.6) is 23.0 Å². The molecule has 2 aliphatic heterocycles. The van der Waals surface area contributed by atoms with Gasteiger partial charge in [-0.25, -0.2) is 12.7 Å². The first-order valence-electron chi connectivity index (χ1n) is 8.42. The van der Waals surface area contributed by atoms with E-state index in [0.717, 1.165) is 11.1 Å². The number of hydrogen-bond acceptors (Lipinski definition) is 6. The number of fused-ring (bicyclic) bond motifs is 4. The summed E-state index contributed by atoms with van der Waals surface area (Å²) >= 11 is 0. The number of benzene rings is 2.